The first-order valence-corrected chi connectivity index (χ1v) is 8.25. The zero-order valence-corrected chi connectivity index (χ0v) is 14.1. The largest absolute Gasteiger partial charge is 0.315 e. The Morgan fingerprint density at radius 2 is 1.68 bits per heavy atom. The van der Waals surface area contributed by atoms with Crippen LogP contribution < -0.4 is 5.32 Å². The number of hydrogen-bond donors (Lipinski definition) is 1. The Balaban J connectivity index is 2.20. The van der Waals surface area contributed by atoms with Crippen molar-refractivity contribution in [3.8, 4) is 0 Å². The summed E-state index contributed by atoms with van der Waals surface area (Å²) in [5.41, 5.74) is 0.491. The minimum absolute atomic E-state index is 0.491. The van der Waals surface area contributed by atoms with Gasteiger partial charge in [-0.15, -0.1) is 0 Å². The summed E-state index contributed by atoms with van der Waals surface area (Å²) < 4.78 is 0. The molecule has 1 saturated heterocycles. The Morgan fingerprint density at radius 3 is 2.16 bits per heavy atom. The molecule has 0 radical (unpaired) electrons. The Morgan fingerprint density at radius 1 is 1.11 bits per heavy atom. The molecule has 1 heterocycles. The third-order valence-corrected chi connectivity index (χ3v) is 4.72. The van der Waals surface area contributed by atoms with E-state index in [9.17, 15) is 0 Å². The molecule has 0 amide bonds. The fourth-order valence-corrected chi connectivity index (χ4v) is 3.04. The van der Waals surface area contributed by atoms with Crippen molar-refractivity contribution in [2.45, 2.75) is 66.8 Å². The Kier molecular flexibility index (Phi) is 6.82. The molecular weight excluding hydrogens is 232 g/mol. The molecule has 1 atom stereocenters. The first kappa shape index (κ1) is 17.0. The van der Waals surface area contributed by atoms with E-state index in [0.717, 1.165) is 18.4 Å². The molecule has 0 saturated carbocycles. The maximum atomic E-state index is 3.61. The van der Waals surface area contributed by atoms with Gasteiger partial charge >= 0.3 is 0 Å². The van der Waals surface area contributed by atoms with Gasteiger partial charge in [0.05, 0.1) is 0 Å². The number of nitrogens with zero attached hydrogens (tertiary/aromatic N) is 1. The molecule has 1 N–H and O–H groups in total. The number of rotatable bonds is 6. The van der Waals surface area contributed by atoms with Crippen LogP contribution in [0.25, 0.3) is 0 Å². The van der Waals surface area contributed by atoms with Gasteiger partial charge in [0.15, 0.2) is 0 Å². The fraction of sp³-hybridized carbons (Fsp3) is 1.00. The summed E-state index contributed by atoms with van der Waals surface area (Å²) >= 11 is 0. The van der Waals surface area contributed by atoms with Crippen molar-refractivity contribution >= 4 is 0 Å². The van der Waals surface area contributed by atoms with Gasteiger partial charge in [-0.25, -0.2) is 0 Å². The second kappa shape index (κ2) is 7.64. The molecule has 0 spiro atoms. The Bertz CT molecular complexity index is 234. The van der Waals surface area contributed by atoms with Crippen LogP contribution in [0.5, 0.6) is 0 Å². The molecule has 0 aromatic heterocycles. The highest BCUT2D eigenvalue weighted by Gasteiger charge is 2.29. The van der Waals surface area contributed by atoms with Gasteiger partial charge < -0.3 is 5.32 Å². The molecule has 19 heavy (non-hydrogen) atoms. The van der Waals surface area contributed by atoms with Crippen LogP contribution in [-0.4, -0.2) is 37.1 Å². The predicted octanol–water partition coefficient (Wildman–Crippen LogP) is 3.77. The summed E-state index contributed by atoms with van der Waals surface area (Å²) in [6.07, 6.45) is 4.04. The molecule has 0 aromatic rings. The van der Waals surface area contributed by atoms with Crippen molar-refractivity contribution < 1.29 is 0 Å². The molecule has 0 bridgehead atoms. The fourth-order valence-electron chi connectivity index (χ4n) is 3.04. The third kappa shape index (κ3) is 6.27. The molecule has 1 aliphatic rings. The van der Waals surface area contributed by atoms with E-state index in [-0.39, 0.29) is 0 Å². The smallest absolute Gasteiger partial charge is 0.0192 e. The SMILES string of the molecule is CC(C)CCNCC(C)N1CCC(C(C)(C)C)CC1. The van der Waals surface area contributed by atoms with E-state index in [0.29, 0.717) is 11.5 Å². The lowest BCUT2D eigenvalue weighted by atomic mass is 9.75. The van der Waals surface area contributed by atoms with Crippen LogP contribution in [0, 0.1) is 17.3 Å². The highest BCUT2D eigenvalue weighted by Crippen LogP contribution is 2.34. The van der Waals surface area contributed by atoms with Gasteiger partial charge in [0.25, 0.3) is 0 Å². The van der Waals surface area contributed by atoms with Gasteiger partial charge in [0.2, 0.25) is 0 Å². The number of piperidine rings is 1. The quantitative estimate of drug-likeness (QED) is 0.738. The van der Waals surface area contributed by atoms with Crippen molar-refractivity contribution in [3.05, 3.63) is 0 Å². The first-order valence-electron chi connectivity index (χ1n) is 8.25. The average molecular weight is 268 g/mol. The Labute approximate surface area is 121 Å². The van der Waals surface area contributed by atoms with Gasteiger partial charge in [0, 0.05) is 12.6 Å². The van der Waals surface area contributed by atoms with E-state index in [1.54, 1.807) is 0 Å². The molecule has 1 aliphatic heterocycles. The summed E-state index contributed by atoms with van der Waals surface area (Å²) in [4.78, 5) is 2.67. The number of likely N-dealkylation sites (tertiary alicyclic amines) is 1. The van der Waals surface area contributed by atoms with Gasteiger partial charge in [0.1, 0.15) is 0 Å². The van der Waals surface area contributed by atoms with Crippen LogP contribution in [0.2, 0.25) is 0 Å². The van der Waals surface area contributed by atoms with Crippen molar-refractivity contribution in [2.75, 3.05) is 26.2 Å². The van der Waals surface area contributed by atoms with E-state index < -0.39 is 0 Å². The van der Waals surface area contributed by atoms with Gasteiger partial charge in [-0.2, -0.15) is 0 Å². The molecule has 1 unspecified atom stereocenters. The van der Waals surface area contributed by atoms with Crippen LogP contribution in [0.1, 0.15) is 60.8 Å². The summed E-state index contributed by atoms with van der Waals surface area (Å²) in [6.45, 7) is 19.0. The predicted molar refractivity (Wildman–Crippen MR) is 85.5 cm³/mol. The zero-order valence-electron chi connectivity index (χ0n) is 14.1. The van der Waals surface area contributed by atoms with Crippen LogP contribution in [0.15, 0.2) is 0 Å². The van der Waals surface area contributed by atoms with Gasteiger partial charge in [-0.05, 0) is 63.1 Å². The van der Waals surface area contributed by atoms with Gasteiger partial charge in [-0.1, -0.05) is 34.6 Å². The number of hydrogen-bond acceptors (Lipinski definition) is 2. The minimum Gasteiger partial charge on any atom is -0.315 e. The van der Waals surface area contributed by atoms with E-state index in [1.807, 2.05) is 0 Å². The molecule has 2 nitrogen and oxygen atoms in total. The third-order valence-electron chi connectivity index (χ3n) is 4.72. The second-order valence-corrected chi connectivity index (χ2v) is 7.91. The minimum atomic E-state index is 0.491. The maximum Gasteiger partial charge on any atom is 0.0192 e. The molecule has 1 rings (SSSR count). The molecule has 2 heteroatoms. The molecule has 0 aliphatic carbocycles. The lowest BCUT2D eigenvalue weighted by Gasteiger charge is -2.41. The van der Waals surface area contributed by atoms with Crippen LogP contribution in [0.4, 0.5) is 0 Å². The van der Waals surface area contributed by atoms with E-state index >= 15 is 0 Å². The van der Waals surface area contributed by atoms with Crippen molar-refractivity contribution in [1.29, 1.82) is 0 Å². The van der Waals surface area contributed by atoms with Crippen LogP contribution in [-0.2, 0) is 0 Å². The summed E-state index contributed by atoms with van der Waals surface area (Å²) in [5.74, 6) is 1.72. The molecule has 114 valence electrons. The van der Waals surface area contributed by atoms with E-state index in [1.165, 1.54) is 38.9 Å². The highest BCUT2D eigenvalue weighted by molar-refractivity contribution is 4.83. The topological polar surface area (TPSA) is 15.3 Å². The maximum absolute atomic E-state index is 3.61. The lowest BCUT2D eigenvalue weighted by Crippen LogP contribution is -2.46. The van der Waals surface area contributed by atoms with Crippen molar-refractivity contribution in [3.63, 3.8) is 0 Å². The zero-order chi connectivity index (χ0) is 14.5. The molecule has 0 aromatic carbocycles. The standard InChI is InChI=1S/C17H36N2/c1-14(2)7-10-18-13-15(3)19-11-8-16(9-12-19)17(4,5)6/h14-16,18H,7-13H2,1-6H3. The first-order chi connectivity index (χ1) is 8.80. The van der Waals surface area contributed by atoms with Crippen LogP contribution >= 0.6 is 0 Å². The highest BCUT2D eigenvalue weighted by atomic mass is 15.2. The Hall–Kier alpha value is -0.0800. The number of nitrogens with one attached hydrogen (secondary N) is 1. The van der Waals surface area contributed by atoms with Gasteiger partial charge in [-0.3, -0.25) is 4.90 Å². The average Bonchev–Trinajstić information content (AvgIpc) is 2.33. The lowest BCUT2D eigenvalue weighted by molar-refractivity contribution is 0.0874. The molecular formula is C17H36N2. The van der Waals surface area contributed by atoms with E-state index in [4.69, 9.17) is 0 Å². The normalized spacial score (nSPS) is 21.0. The summed E-state index contributed by atoms with van der Waals surface area (Å²) in [5, 5.41) is 3.61. The van der Waals surface area contributed by atoms with E-state index in [2.05, 4.69) is 51.8 Å². The van der Waals surface area contributed by atoms with Crippen molar-refractivity contribution in [2.24, 2.45) is 17.3 Å². The summed E-state index contributed by atoms with van der Waals surface area (Å²) in [6, 6.07) is 0.688. The van der Waals surface area contributed by atoms with Crippen LogP contribution in [0.3, 0.4) is 0 Å². The monoisotopic (exact) mass is 268 g/mol. The second-order valence-electron chi connectivity index (χ2n) is 7.91. The van der Waals surface area contributed by atoms with Crippen molar-refractivity contribution in [1.82, 2.24) is 10.2 Å². The summed E-state index contributed by atoms with van der Waals surface area (Å²) in [7, 11) is 0. The molecule has 1 fully saturated rings.